The normalized spacial score (nSPS) is 15.1. The maximum Gasteiger partial charge on any atom is 0.337 e. The van der Waals surface area contributed by atoms with Crippen molar-refractivity contribution in [2.45, 2.75) is 48.7 Å². The van der Waals surface area contributed by atoms with Crippen molar-refractivity contribution >= 4 is 55.1 Å². The van der Waals surface area contributed by atoms with Gasteiger partial charge >= 0.3 is 11.9 Å². The summed E-state index contributed by atoms with van der Waals surface area (Å²) in [5.41, 5.74) is 5.69. The molecule has 0 bridgehead atoms. The summed E-state index contributed by atoms with van der Waals surface area (Å²) in [7, 11) is -2.18. The summed E-state index contributed by atoms with van der Waals surface area (Å²) in [6.07, 6.45) is 0.646. The third kappa shape index (κ3) is 12.6. The summed E-state index contributed by atoms with van der Waals surface area (Å²) in [5.74, 6) is -0.533. The Morgan fingerprint density at radius 1 is 0.500 bits per heavy atom. The number of ether oxygens (including phenoxy) is 4. The number of aliphatic hydroxyl groups is 1. The number of aliphatic hydroxyl groups excluding tert-OH is 1. The smallest absolute Gasteiger partial charge is 0.337 e. The first-order chi connectivity index (χ1) is 33.4. The van der Waals surface area contributed by atoms with Crippen LogP contribution in [0.4, 0.5) is 0 Å². The van der Waals surface area contributed by atoms with Crippen molar-refractivity contribution in [1.29, 1.82) is 0 Å². The number of nitrogens with one attached hydrogen (secondary N) is 1. The second-order valence-corrected chi connectivity index (χ2v) is 20.0. The lowest BCUT2D eigenvalue weighted by Gasteiger charge is -2.20. The minimum absolute atomic E-state index is 0.000268. The Morgan fingerprint density at radius 3 is 1.30 bits per heavy atom. The zero-order valence-electron chi connectivity index (χ0n) is 38.8. The van der Waals surface area contributed by atoms with Crippen LogP contribution in [0.25, 0.3) is 0 Å². The summed E-state index contributed by atoms with van der Waals surface area (Å²) in [6, 6.07) is 26.8. The molecular formula is C50H51N3O15S2. The predicted octanol–water partition coefficient (Wildman–Crippen LogP) is 3.67. The summed E-state index contributed by atoms with van der Waals surface area (Å²) in [4.78, 5) is 70.9. The van der Waals surface area contributed by atoms with Gasteiger partial charge in [0.05, 0.1) is 69.0 Å². The Morgan fingerprint density at radius 2 is 0.886 bits per heavy atom. The molecule has 5 aromatic carbocycles. The molecule has 0 saturated heterocycles. The molecule has 368 valence electrons. The van der Waals surface area contributed by atoms with Crippen molar-refractivity contribution in [3.05, 3.63) is 153 Å². The highest BCUT2D eigenvalue weighted by atomic mass is 32.2. The predicted molar refractivity (Wildman–Crippen MR) is 252 cm³/mol. The third-order valence-corrected chi connectivity index (χ3v) is 15.1. The highest BCUT2D eigenvalue weighted by Crippen LogP contribution is 2.28. The van der Waals surface area contributed by atoms with E-state index in [-0.39, 0.29) is 77.7 Å². The van der Waals surface area contributed by atoms with Gasteiger partial charge in [0.25, 0.3) is 0 Å². The summed E-state index contributed by atoms with van der Waals surface area (Å²) in [5, 5.41) is 12.1. The van der Waals surface area contributed by atoms with E-state index in [2.05, 4.69) is 10.1 Å². The van der Waals surface area contributed by atoms with Gasteiger partial charge in [0, 0.05) is 44.5 Å². The minimum atomic E-state index is -3.90. The van der Waals surface area contributed by atoms with Gasteiger partial charge in [-0.1, -0.05) is 24.3 Å². The molecule has 0 radical (unpaired) electrons. The number of rotatable bonds is 10. The van der Waals surface area contributed by atoms with Crippen LogP contribution in [0, 0.1) is 0 Å². The topological polar surface area (TPSA) is 246 Å². The molecule has 0 aromatic heterocycles. The Bertz CT molecular complexity index is 2870. The van der Waals surface area contributed by atoms with Crippen LogP contribution >= 0.6 is 0 Å². The Kier molecular flexibility index (Phi) is 17.3. The number of benzene rings is 5. The molecule has 0 fully saturated rings. The van der Waals surface area contributed by atoms with Crippen molar-refractivity contribution in [3.8, 4) is 11.5 Å². The number of ketones is 4. The molecule has 3 heterocycles. The lowest BCUT2D eigenvalue weighted by Crippen LogP contribution is -2.34. The number of Topliss-reactive ketones (excluding diaryl/α,β-unsaturated/α-hetero) is 4. The van der Waals surface area contributed by atoms with Gasteiger partial charge in [0.2, 0.25) is 20.0 Å². The van der Waals surface area contributed by atoms with Crippen LogP contribution in [-0.2, 0) is 82.8 Å². The van der Waals surface area contributed by atoms with Crippen molar-refractivity contribution in [3.63, 3.8) is 0 Å². The molecular weight excluding hydrogens is 947 g/mol. The zero-order chi connectivity index (χ0) is 50.8. The number of carbonyl (C=O) groups excluding carboxylic acids is 6. The lowest BCUT2D eigenvalue weighted by atomic mass is 9.99. The van der Waals surface area contributed by atoms with Crippen LogP contribution in [0.3, 0.4) is 0 Å². The number of nitrogens with zero attached hydrogens (tertiary/aromatic N) is 2. The first-order valence-corrected chi connectivity index (χ1v) is 24.5. The maximum atomic E-state index is 13.0. The largest absolute Gasteiger partial charge is 0.497 e. The summed E-state index contributed by atoms with van der Waals surface area (Å²) < 4.78 is 73.7. The number of fused-ring (bicyclic) bond motifs is 3. The van der Waals surface area contributed by atoms with E-state index in [4.69, 9.17) is 19.3 Å². The van der Waals surface area contributed by atoms with E-state index in [0.717, 1.165) is 19.7 Å². The molecule has 20 heteroatoms. The number of hydrogen-bond acceptors (Lipinski definition) is 16. The van der Waals surface area contributed by atoms with Crippen LogP contribution in [0.2, 0.25) is 0 Å². The number of esters is 2. The monoisotopic (exact) mass is 997 g/mol. The van der Waals surface area contributed by atoms with Gasteiger partial charge < -0.3 is 29.4 Å². The van der Waals surface area contributed by atoms with Gasteiger partial charge in [-0.3, -0.25) is 19.2 Å². The maximum absolute atomic E-state index is 13.0. The fourth-order valence-electron chi connectivity index (χ4n) is 7.78. The van der Waals surface area contributed by atoms with Gasteiger partial charge in [-0.25, -0.2) is 26.4 Å². The average Bonchev–Trinajstić information content (AvgIpc) is 3.76. The molecule has 5 aromatic rings. The van der Waals surface area contributed by atoms with Gasteiger partial charge in [-0.15, -0.1) is 0 Å². The molecule has 0 amide bonds. The molecule has 18 nitrogen and oxygen atoms in total. The average molecular weight is 998 g/mol. The molecule has 0 aliphatic carbocycles. The van der Waals surface area contributed by atoms with Gasteiger partial charge in [0.1, 0.15) is 18.1 Å². The van der Waals surface area contributed by atoms with Crippen LogP contribution in [0.15, 0.2) is 113 Å². The van der Waals surface area contributed by atoms with E-state index in [0.29, 0.717) is 64.4 Å². The first-order valence-electron chi connectivity index (χ1n) is 21.6. The van der Waals surface area contributed by atoms with Crippen LogP contribution < -0.4 is 14.8 Å². The second-order valence-electron chi connectivity index (χ2n) is 16.2. The van der Waals surface area contributed by atoms with Gasteiger partial charge in [-0.05, 0) is 112 Å². The highest BCUT2D eigenvalue weighted by Gasteiger charge is 2.32. The van der Waals surface area contributed by atoms with E-state index in [1.165, 1.54) is 58.8 Å². The van der Waals surface area contributed by atoms with Crippen molar-refractivity contribution in [2.75, 3.05) is 54.7 Å². The first kappa shape index (κ1) is 52.4. The molecule has 3 aliphatic heterocycles. The van der Waals surface area contributed by atoms with Gasteiger partial charge in [-0.2, -0.15) is 8.61 Å². The molecule has 0 unspecified atom stereocenters. The van der Waals surface area contributed by atoms with E-state index in [1.807, 2.05) is 6.07 Å². The summed E-state index contributed by atoms with van der Waals surface area (Å²) >= 11 is 0. The Balaban J connectivity index is 0.000000178. The molecule has 2 N–H and O–H groups in total. The van der Waals surface area contributed by atoms with E-state index < -0.39 is 38.4 Å². The lowest BCUT2D eigenvalue weighted by molar-refractivity contribution is -0.119. The SMILES string of the molecule is COC(=O)c1ccc2c(c1)CN(S(=O)(=O)c1ccc(OC)cc1)CC(=O)C2.COC(=O)c1ccc2c(c1)CNCC(=O)C2.COc1ccc(S(=O)(=O)N2CC(=O)Cc3ccc(C(=O)CO)cc3C2)cc1. The summed E-state index contributed by atoms with van der Waals surface area (Å²) in [6.45, 7) is -0.120. The number of carbonyl (C=O) groups is 6. The standard InChI is InChI=1S/2C19H19NO6S.C12H13NO3/c1-25-17-5-7-18(8-6-17)27(23,24)20-11-15-9-14(19(22)26-2)4-3-13(15)10-16(21)12-20;1-26-17-4-6-18(7-5-17)27(24,25)20-10-15-8-14(19(23)12-21)3-2-13(15)9-16(22)11-20;1-16-12(15)9-3-2-8-5-11(14)7-13-6-10(8)4-9/h3-9H,10-12H2,1-2H3;2-8,21H,9-12H2,1H3;2-4,13H,5-7H2,1H3. The molecule has 0 saturated carbocycles. The van der Waals surface area contributed by atoms with E-state index in [9.17, 15) is 45.6 Å². The van der Waals surface area contributed by atoms with Crippen LogP contribution in [0.5, 0.6) is 11.5 Å². The fraction of sp³-hybridized carbons (Fsp3) is 0.280. The zero-order valence-corrected chi connectivity index (χ0v) is 40.4. The fourth-order valence-corrected chi connectivity index (χ4v) is 10.6. The molecule has 8 rings (SSSR count). The van der Waals surface area contributed by atoms with E-state index in [1.54, 1.807) is 66.7 Å². The second kappa shape index (κ2) is 23.1. The number of methoxy groups -OCH3 is 4. The molecule has 0 atom stereocenters. The molecule has 3 aliphatic rings. The van der Waals surface area contributed by atoms with Crippen molar-refractivity contribution in [2.24, 2.45) is 0 Å². The quantitative estimate of drug-likeness (QED) is 0.150. The van der Waals surface area contributed by atoms with Crippen LogP contribution in [-0.4, -0.2) is 120 Å². The Labute approximate surface area is 405 Å². The third-order valence-electron chi connectivity index (χ3n) is 11.5. The number of hydrogen-bond donors (Lipinski definition) is 2. The van der Waals surface area contributed by atoms with Gasteiger partial charge in [0.15, 0.2) is 23.1 Å². The van der Waals surface area contributed by atoms with Crippen LogP contribution in [0.1, 0.15) is 64.5 Å². The van der Waals surface area contributed by atoms with Crippen molar-refractivity contribution in [1.82, 2.24) is 13.9 Å². The molecule has 70 heavy (non-hydrogen) atoms. The number of sulfonamides is 2. The van der Waals surface area contributed by atoms with Crippen molar-refractivity contribution < 1.29 is 69.7 Å². The highest BCUT2D eigenvalue weighted by molar-refractivity contribution is 7.89. The van der Waals surface area contributed by atoms with E-state index >= 15 is 0 Å². The Hall–Kier alpha value is -6.94. The molecule has 0 spiro atoms. The minimum Gasteiger partial charge on any atom is -0.497 e.